The molecule has 0 atom stereocenters. The molecule has 0 saturated heterocycles. The highest BCUT2D eigenvalue weighted by Gasteiger charge is 2.35. The van der Waals surface area contributed by atoms with Crippen molar-refractivity contribution in [2.75, 3.05) is 0 Å². The van der Waals surface area contributed by atoms with Gasteiger partial charge >= 0.3 is 5.97 Å². The number of carbonyl (C=O) groups excluding carboxylic acids is 1. The Balaban J connectivity index is 2.63. The number of hydrogen-bond donors (Lipinski definition) is 1. The summed E-state index contributed by atoms with van der Waals surface area (Å²) < 4.78 is 1.64. The lowest BCUT2D eigenvalue weighted by molar-refractivity contribution is 0.0695. The molecule has 0 fully saturated rings. The Morgan fingerprint density at radius 3 is 2.62 bits per heavy atom. The van der Waals surface area contributed by atoms with Crippen molar-refractivity contribution in [2.24, 2.45) is 12.5 Å². The summed E-state index contributed by atoms with van der Waals surface area (Å²) in [6.45, 7) is 3.99. The summed E-state index contributed by atoms with van der Waals surface area (Å²) in [6, 6.07) is 0. The van der Waals surface area contributed by atoms with Crippen LogP contribution in [0.4, 0.5) is 0 Å². The predicted molar refractivity (Wildman–Crippen MR) is 58.8 cm³/mol. The molecule has 1 aromatic rings. The highest BCUT2D eigenvalue weighted by molar-refractivity contribution is 6.02. The first-order valence-electron chi connectivity index (χ1n) is 5.26. The van der Waals surface area contributed by atoms with Gasteiger partial charge in [0.15, 0.2) is 5.78 Å². The van der Waals surface area contributed by atoms with Crippen molar-refractivity contribution in [3.63, 3.8) is 0 Å². The quantitative estimate of drug-likeness (QED) is 0.787. The number of carbonyl (C=O) groups is 2. The largest absolute Gasteiger partial charge is 0.478 e. The van der Waals surface area contributed by atoms with Gasteiger partial charge in [0.2, 0.25) is 0 Å². The van der Waals surface area contributed by atoms with E-state index >= 15 is 0 Å². The first kappa shape index (κ1) is 10.9. The molecule has 2 rings (SSSR count). The zero-order valence-electron chi connectivity index (χ0n) is 9.70. The van der Waals surface area contributed by atoms with E-state index in [0.717, 1.165) is 0 Å². The zero-order chi connectivity index (χ0) is 12.1. The van der Waals surface area contributed by atoms with E-state index in [2.05, 4.69) is 0 Å². The zero-order valence-corrected chi connectivity index (χ0v) is 9.70. The van der Waals surface area contributed by atoms with Crippen molar-refractivity contribution in [3.8, 4) is 0 Å². The molecule has 1 aromatic heterocycles. The Kier molecular flexibility index (Phi) is 2.19. The summed E-state index contributed by atoms with van der Waals surface area (Å²) in [6.07, 6.45) is 2.67. The fraction of sp³-hybridized carbons (Fsp3) is 0.500. The van der Waals surface area contributed by atoms with Crippen LogP contribution in [0.15, 0.2) is 6.20 Å². The second-order valence-electron chi connectivity index (χ2n) is 5.23. The van der Waals surface area contributed by atoms with Crippen LogP contribution in [0.2, 0.25) is 0 Å². The average Bonchev–Trinajstić information content (AvgIpc) is 2.40. The Morgan fingerprint density at radius 1 is 1.44 bits per heavy atom. The van der Waals surface area contributed by atoms with E-state index in [1.807, 2.05) is 13.8 Å². The minimum Gasteiger partial charge on any atom is -0.478 e. The fourth-order valence-corrected chi connectivity index (χ4v) is 2.46. The SMILES string of the molecule is Cn1cc(C(=O)O)c2c1C(=O)CC(C)(C)C2. The monoisotopic (exact) mass is 221 g/mol. The fourth-order valence-electron chi connectivity index (χ4n) is 2.46. The second-order valence-corrected chi connectivity index (χ2v) is 5.23. The van der Waals surface area contributed by atoms with Gasteiger partial charge in [0.1, 0.15) is 0 Å². The third-order valence-electron chi connectivity index (χ3n) is 3.08. The lowest BCUT2D eigenvalue weighted by Gasteiger charge is -2.29. The summed E-state index contributed by atoms with van der Waals surface area (Å²) >= 11 is 0. The molecule has 4 nitrogen and oxygen atoms in total. The minimum absolute atomic E-state index is 0.0428. The molecule has 1 heterocycles. The van der Waals surface area contributed by atoms with Crippen molar-refractivity contribution in [1.82, 2.24) is 4.57 Å². The number of carboxylic acids is 1. The molecule has 0 bridgehead atoms. The Hall–Kier alpha value is -1.58. The van der Waals surface area contributed by atoms with Gasteiger partial charge in [0, 0.05) is 19.7 Å². The molecule has 0 amide bonds. The molecule has 4 heteroatoms. The number of nitrogens with zero attached hydrogens (tertiary/aromatic N) is 1. The number of carboxylic acid groups (broad SMARTS) is 1. The topological polar surface area (TPSA) is 59.3 Å². The molecule has 0 radical (unpaired) electrons. The molecule has 0 aromatic carbocycles. The van der Waals surface area contributed by atoms with Gasteiger partial charge < -0.3 is 9.67 Å². The molecular formula is C12H15NO3. The first-order valence-corrected chi connectivity index (χ1v) is 5.26. The number of aromatic nitrogens is 1. The molecule has 0 unspecified atom stereocenters. The number of hydrogen-bond acceptors (Lipinski definition) is 2. The van der Waals surface area contributed by atoms with Crippen LogP contribution in [0.3, 0.4) is 0 Å². The van der Waals surface area contributed by atoms with Gasteiger partial charge in [-0.25, -0.2) is 4.79 Å². The van der Waals surface area contributed by atoms with Crippen LogP contribution in [0.5, 0.6) is 0 Å². The van der Waals surface area contributed by atoms with Gasteiger partial charge in [-0.2, -0.15) is 0 Å². The van der Waals surface area contributed by atoms with Crippen molar-refractivity contribution in [3.05, 3.63) is 23.0 Å². The summed E-state index contributed by atoms with van der Waals surface area (Å²) in [5.41, 5.74) is 1.38. The summed E-state index contributed by atoms with van der Waals surface area (Å²) in [7, 11) is 1.72. The van der Waals surface area contributed by atoms with Crippen molar-refractivity contribution in [2.45, 2.75) is 26.7 Å². The molecule has 1 N–H and O–H groups in total. The van der Waals surface area contributed by atoms with E-state index in [9.17, 15) is 9.59 Å². The van der Waals surface area contributed by atoms with Crippen molar-refractivity contribution >= 4 is 11.8 Å². The number of ketones is 1. The van der Waals surface area contributed by atoms with E-state index in [4.69, 9.17) is 5.11 Å². The number of Topliss-reactive ketones (excluding diaryl/α,β-unsaturated/α-hetero) is 1. The highest BCUT2D eigenvalue weighted by atomic mass is 16.4. The summed E-state index contributed by atoms with van der Waals surface area (Å²) in [5, 5.41) is 9.09. The van der Waals surface area contributed by atoms with Crippen LogP contribution in [-0.2, 0) is 13.5 Å². The van der Waals surface area contributed by atoms with E-state index in [1.54, 1.807) is 11.6 Å². The molecule has 1 aliphatic carbocycles. The van der Waals surface area contributed by atoms with Crippen LogP contribution >= 0.6 is 0 Å². The Morgan fingerprint density at radius 2 is 2.06 bits per heavy atom. The van der Waals surface area contributed by atoms with Crippen LogP contribution in [0, 0.1) is 5.41 Å². The average molecular weight is 221 g/mol. The van der Waals surface area contributed by atoms with Gasteiger partial charge in [-0.05, 0) is 17.4 Å². The third kappa shape index (κ3) is 1.54. The first-order chi connectivity index (χ1) is 7.32. The molecule has 0 aliphatic heterocycles. The molecule has 0 spiro atoms. The smallest absolute Gasteiger partial charge is 0.337 e. The summed E-state index contributed by atoms with van der Waals surface area (Å²) in [5.74, 6) is -0.913. The standard InChI is InChI=1S/C12H15NO3/c1-12(2)4-7-8(11(15)16)6-13(3)10(7)9(14)5-12/h6H,4-5H2,1-3H3,(H,15,16). The molecule has 86 valence electrons. The maximum absolute atomic E-state index is 11.9. The third-order valence-corrected chi connectivity index (χ3v) is 3.08. The van der Waals surface area contributed by atoms with E-state index < -0.39 is 5.97 Å². The number of fused-ring (bicyclic) bond motifs is 1. The maximum atomic E-state index is 11.9. The molecule has 0 saturated carbocycles. The second kappa shape index (κ2) is 3.20. The van der Waals surface area contributed by atoms with Crippen LogP contribution in [0.1, 0.15) is 46.7 Å². The number of rotatable bonds is 1. The number of aromatic carboxylic acids is 1. The van der Waals surface area contributed by atoms with Crippen LogP contribution < -0.4 is 0 Å². The minimum atomic E-state index is -0.956. The molecular weight excluding hydrogens is 206 g/mol. The Labute approximate surface area is 93.9 Å². The normalized spacial score (nSPS) is 18.3. The lowest BCUT2D eigenvalue weighted by atomic mass is 9.75. The Bertz CT molecular complexity index is 483. The van der Waals surface area contributed by atoms with Crippen molar-refractivity contribution < 1.29 is 14.7 Å². The predicted octanol–water partition coefficient (Wildman–Crippen LogP) is 1.88. The van der Waals surface area contributed by atoms with Crippen molar-refractivity contribution in [1.29, 1.82) is 0 Å². The van der Waals surface area contributed by atoms with Crippen LogP contribution in [0.25, 0.3) is 0 Å². The van der Waals surface area contributed by atoms with Gasteiger partial charge in [-0.1, -0.05) is 13.8 Å². The lowest BCUT2D eigenvalue weighted by Crippen LogP contribution is -2.28. The summed E-state index contributed by atoms with van der Waals surface area (Å²) in [4.78, 5) is 23.0. The molecule has 16 heavy (non-hydrogen) atoms. The number of aryl methyl sites for hydroxylation is 1. The van der Waals surface area contributed by atoms with E-state index in [0.29, 0.717) is 24.1 Å². The van der Waals surface area contributed by atoms with E-state index in [-0.39, 0.29) is 16.8 Å². The van der Waals surface area contributed by atoms with Gasteiger partial charge in [0.05, 0.1) is 11.3 Å². The molecule has 1 aliphatic rings. The maximum Gasteiger partial charge on any atom is 0.337 e. The van der Waals surface area contributed by atoms with E-state index in [1.165, 1.54) is 6.20 Å². The van der Waals surface area contributed by atoms with Crippen LogP contribution in [-0.4, -0.2) is 21.4 Å². The highest BCUT2D eigenvalue weighted by Crippen LogP contribution is 2.36. The van der Waals surface area contributed by atoms with Gasteiger partial charge in [-0.15, -0.1) is 0 Å². The van der Waals surface area contributed by atoms with Gasteiger partial charge in [-0.3, -0.25) is 4.79 Å². The van der Waals surface area contributed by atoms with Gasteiger partial charge in [0.25, 0.3) is 0 Å².